The van der Waals surface area contributed by atoms with Gasteiger partial charge in [0.15, 0.2) is 0 Å². The first-order chi connectivity index (χ1) is 15.2. The molecule has 0 radical (unpaired) electrons. The zero-order valence-electron chi connectivity index (χ0n) is 21.3. The van der Waals surface area contributed by atoms with Crippen LogP contribution in [-0.4, -0.2) is 29.6 Å². The molecule has 0 spiro atoms. The molecular formula is C30H43NO. The molecule has 1 unspecified atom stereocenters. The Labute approximate surface area is 195 Å². The van der Waals surface area contributed by atoms with Gasteiger partial charge in [-0.2, -0.15) is 0 Å². The Morgan fingerprint density at radius 3 is 1.94 bits per heavy atom. The highest BCUT2D eigenvalue weighted by atomic mass is 16.3. The minimum Gasteiger partial charge on any atom is -0.387 e. The van der Waals surface area contributed by atoms with Crippen LogP contribution in [0.4, 0.5) is 0 Å². The quantitative estimate of drug-likeness (QED) is 0.329. The minimum absolute atomic E-state index is 0.470. The molecule has 0 aliphatic carbocycles. The van der Waals surface area contributed by atoms with Crippen molar-refractivity contribution in [3.63, 3.8) is 0 Å². The van der Waals surface area contributed by atoms with Gasteiger partial charge >= 0.3 is 0 Å². The molecule has 0 aromatic heterocycles. The van der Waals surface area contributed by atoms with Crippen LogP contribution < -0.4 is 0 Å². The van der Waals surface area contributed by atoms with Gasteiger partial charge in [0.1, 0.15) is 0 Å². The van der Waals surface area contributed by atoms with Gasteiger partial charge in [0.05, 0.1) is 6.10 Å². The van der Waals surface area contributed by atoms with Crippen LogP contribution in [0, 0.1) is 18.8 Å². The number of hydrogen-bond donors (Lipinski definition) is 1. The standard InChI is InChI=1S/C30H43NO/c1-20(2)12-14-31(15-13-21(3)4)19-30(32)26-16-23(7)27-10-9-25-17-24(22(5)6)8-11-28(25)29(27)18-26/h8-11,16-18,20-22,30,32H,12-15,19H2,1-7H3. The second kappa shape index (κ2) is 10.8. The number of aliphatic hydroxyl groups is 1. The third kappa shape index (κ3) is 6.11. The molecule has 0 amide bonds. The van der Waals surface area contributed by atoms with Crippen molar-refractivity contribution in [3.8, 4) is 0 Å². The summed E-state index contributed by atoms with van der Waals surface area (Å²) in [6, 6.07) is 15.7. The van der Waals surface area contributed by atoms with Gasteiger partial charge in [-0.1, -0.05) is 77.9 Å². The summed E-state index contributed by atoms with van der Waals surface area (Å²) < 4.78 is 0. The van der Waals surface area contributed by atoms with E-state index < -0.39 is 6.10 Å². The summed E-state index contributed by atoms with van der Waals surface area (Å²) in [4.78, 5) is 2.46. The largest absolute Gasteiger partial charge is 0.387 e. The Hall–Kier alpha value is -1.90. The van der Waals surface area contributed by atoms with Crippen molar-refractivity contribution in [1.29, 1.82) is 0 Å². The molecule has 0 saturated heterocycles. The molecule has 0 saturated carbocycles. The maximum absolute atomic E-state index is 11.3. The highest BCUT2D eigenvalue weighted by Crippen LogP contribution is 2.32. The fraction of sp³-hybridized carbons (Fsp3) is 0.533. The van der Waals surface area contributed by atoms with Crippen molar-refractivity contribution in [2.75, 3.05) is 19.6 Å². The van der Waals surface area contributed by atoms with Crippen molar-refractivity contribution in [3.05, 3.63) is 59.2 Å². The number of nitrogens with zero attached hydrogens (tertiary/aromatic N) is 1. The van der Waals surface area contributed by atoms with E-state index >= 15 is 0 Å². The van der Waals surface area contributed by atoms with E-state index in [0.717, 1.165) is 18.7 Å². The Morgan fingerprint density at radius 1 is 0.719 bits per heavy atom. The molecular weight excluding hydrogens is 390 g/mol. The predicted octanol–water partition coefficient (Wildman–Crippen LogP) is 7.85. The zero-order chi connectivity index (χ0) is 23.4. The fourth-order valence-corrected chi connectivity index (χ4v) is 4.49. The van der Waals surface area contributed by atoms with E-state index in [4.69, 9.17) is 0 Å². The molecule has 2 nitrogen and oxygen atoms in total. The molecule has 3 aromatic carbocycles. The first-order valence-electron chi connectivity index (χ1n) is 12.5. The van der Waals surface area contributed by atoms with Gasteiger partial charge in [0.2, 0.25) is 0 Å². The molecule has 0 aliphatic heterocycles. The molecule has 2 heteroatoms. The summed E-state index contributed by atoms with van der Waals surface area (Å²) in [6.07, 6.45) is 1.87. The summed E-state index contributed by atoms with van der Waals surface area (Å²) >= 11 is 0. The highest BCUT2D eigenvalue weighted by molar-refractivity contribution is 6.08. The van der Waals surface area contributed by atoms with Gasteiger partial charge in [-0.05, 0) is 94.9 Å². The first-order valence-corrected chi connectivity index (χ1v) is 12.5. The topological polar surface area (TPSA) is 23.5 Å². The van der Waals surface area contributed by atoms with E-state index in [1.54, 1.807) is 0 Å². The molecule has 3 rings (SSSR count). The van der Waals surface area contributed by atoms with E-state index in [-0.39, 0.29) is 0 Å². The van der Waals surface area contributed by atoms with Crippen molar-refractivity contribution in [2.45, 2.75) is 73.3 Å². The lowest BCUT2D eigenvalue weighted by atomic mass is 9.92. The summed E-state index contributed by atoms with van der Waals surface area (Å²) in [5.41, 5.74) is 3.65. The number of hydrogen-bond acceptors (Lipinski definition) is 2. The predicted molar refractivity (Wildman–Crippen MR) is 141 cm³/mol. The van der Waals surface area contributed by atoms with E-state index in [9.17, 15) is 5.11 Å². The fourth-order valence-electron chi connectivity index (χ4n) is 4.49. The second-order valence-corrected chi connectivity index (χ2v) is 10.8. The van der Waals surface area contributed by atoms with Crippen LogP contribution in [0.3, 0.4) is 0 Å². The third-order valence-corrected chi connectivity index (χ3v) is 6.73. The van der Waals surface area contributed by atoms with E-state index in [0.29, 0.717) is 24.3 Å². The number of fused-ring (bicyclic) bond motifs is 3. The molecule has 32 heavy (non-hydrogen) atoms. The molecule has 0 bridgehead atoms. The zero-order valence-corrected chi connectivity index (χ0v) is 21.3. The summed E-state index contributed by atoms with van der Waals surface area (Å²) in [5.74, 6) is 1.88. The lowest BCUT2D eigenvalue weighted by Crippen LogP contribution is -2.32. The van der Waals surface area contributed by atoms with Crippen molar-refractivity contribution < 1.29 is 5.11 Å². The molecule has 1 N–H and O–H groups in total. The van der Waals surface area contributed by atoms with Gasteiger partial charge in [-0.25, -0.2) is 0 Å². The lowest BCUT2D eigenvalue weighted by molar-refractivity contribution is 0.107. The van der Waals surface area contributed by atoms with Crippen LogP contribution >= 0.6 is 0 Å². The molecule has 3 aromatic rings. The van der Waals surface area contributed by atoms with Crippen LogP contribution in [0.25, 0.3) is 21.5 Å². The van der Waals surface area contributed by atoms with Crippen LogP contribution in [0.2, 0.25) is 0 Å². The summed E-state index contributed by atoms with van der Waals surface area (Å²) in [6.45, 7) is 18.6. The number of aryl methyl sites for hydroxylation is 1. The average Bonchev–Trinajstić information content (AvgIpc) is 2.74. The van der Waals surface area contributed by atoms with Crippen molar-refractivity contribution in [2.24, 2.45) is 11.8 Å². The van der Waals surface area contributed by atoms with Gasteiger partial charge in [0, 0.05) is 6.54 Å². The third-order valence-electron chi connectivity index (χ3n) is 6.73. The van der Waals surface area contributed by atoms with E-state index in [2.05, 4.69) is 95.8 Å². The van der Waals surface area contributed by atoms with Crippen LogP contribution in [0.5, 0.6) is 0 Å². The highest BCUT2D eigenvalue weighted by Gasteiger charge is 2.17. The molecule has 1 atom stereocenters. The summed E-state index contributed by atoms with van der Waals surface area (Å²) in [7, 11) is 0. The molecule has 0 heterocycles. The summed E-state index contributed by atoms with van der Waals surface area (Å²) in [5, 5.41) is 16.3. The number of rotatable bonds is 10. The Balaban J connectivity index is 1.92. The van der Waals surface area contributed by atoms with Gasteiger partial charge in [-0.15, -0.1) is 0 Å². The second-order valence-electron chi connectivity index (χ2n) is 10.8. The van der Waals surface area contributed by atoms with Crippen molar-refractivity contribution in [1.82, 2.24) is 4.90 Å². The Kier molecular flexibility index (Phi) is 8.36. The molecule has 0 fully saturated rings. The maximum atomic E-state index is 11.3. The maximum Gasteiger partial charge on any atom is 0.0917 e. The van der Waals surface area contributed by atoms with E-state index in [1.807, 2.05) is 0 Å². The van der Waals surface area contributed by atoms with E-state index in [1.165, 1.54) is 45.5 Å². The van der Waals surface area contributed by atoms with Crippen LogP contribution in [0.1, 0.15) is 83.1 Å². The smallest absolute Gasteiger partial charge is 0.0917 e. The molecule has 0 aliphatic rings. The number of aliphatic hydroxyl groups excluding tert-OH is 1. The van der Waals surface area contributed by atoms with Crippen LogP contribution in [0.15, 0.2) is 42.5 Å². The average molecular weight is 434 g/mol. The van der Waals surface area contributed by atoms with Gasteiger partial charge in [-0.3, -0.25) is 0 Å². The number of benzene rings is 3. The van der Waals surface area contributed by atoms with Gasteiger partial charge in [0.25, 0.3) is 0 Å². The normalized spacial score (nSPS) is 13.4. The molecule has 174 valence electrons. The van der Waals surface area contributed by atoms with Crippen molar-refractivity contribution >= 4 is 21.5 Å². The Bertz CT molecular complexity index is 1020. The SMILES string of the molecule is Cc1cc(C(O)CN(CCC(C)C)CCC(C)C)cc2c1ccc1cc(C(C)C)ccc12. The lowest BCUT2D eigenvalue weighted by Gasteiger charge is -2.27. The minimum atomic E-state index is -0.470. The Morgan fingerprint density at radius 2 is 1.34 bits per heavy atom. The van der Waals surface area contributed by atoms with Crippen LogP contribution in [-0.2, 0) is 0 Å². The monoisotopic (exact) mass is 433 g/mol. The first kappa shape index (κ1) is 24.7. The van der Waals surface area contributed by atoms with Gasteiger partial charge < -0.3 is 10.0 Å².